The first-order valence-corrected chi connectivity index (χ1v) is 11.2. The SMILES string of the molecule is CCOc1ccc(C2/C(=C(\O)c3ccncc3)C(=O)C(=O)N2Cc2ccccc2)cc1OCC. The van der Waals surface area contributed by atoms with E-state index in [1.807, 2.05) is 44.2 Å². The monoisotopic (exact) mass is 458 g/mol. The Bertz CT molecular complexity index is 1210. The predicted octanol–water partition coefficient (Wildman–Crippen LogP) is 4.50. The van der Waals surface area contributed by atoms with Crippen LogP contribution in [0.4, 0.5) is 0 Å². The first-order valence-electron chi connectivity index (χ1n) is 11.2. The van der Waals surface area contributed by atoms with Crippen molar-refractivity contribution < 1.29 is 24.2 Å². The maximum Gasteiger partial charge on any atom is 0.295 e. The quantitative estimate of drug-likeness (QED) is 0.304. The fourth-order valence-corrected chi connectivity index (χ4v) is 4.07. The van der Waals surface area contributed by atoms with E-state index in [0.29, 0.717) is 35.8 Å². The van der Waals surface area contributed by atoms with Gasteiger partial charge in [0.1, 0.15) is 5.76 Å². The van der Waals surface area contributed by atoms with Crippen LogP contribution in [-0.4, -0.2) is 39.9 Å². The zero-order valence-electron chi connectivity index (χ0n) is 19.1. The van der Waals surface area contributed by atoms with Gasteiger partial charge in [-0.1, -0.05) is 36.4 Å². The smallest absolute Gasteiger partial charge is 0.295 e. The summed E-state index contributed by atoms with van der Waals surface area (Å²) in [4.78, 5) is 31.8. The van der Waals surface area contributed by atoms with Gasteiger partial charge in [0, 0.05) is 24.5 Å². The molecule has 7 heteroatoms. The van der Waals surface area contributed by atoms with Crippen molar-refractivity contribution in [2.45, 2.75) is 26.4 Å². The highest BCUT2D eigenvalue weighted by Gasteiger charge is 2.46. The molecule has 0 saturated carbocycles. The van der Waals surface area contributed by atoms with Gasteiger partial charge < -0.3 is 19.5 Å². The number of hydrogen-bond acceptors (Lipinski definition) is 6. The molecule has 1 aliphatic heterocycles. The van der Waals surface area contributed by atoms with Crippen LogP contribution in [0.5, 0.6) is 11.5 Å². The number of hydrogen-bond donors (Lipinski definition) is 1. The van der Waals surface area contributed by atoms with Crippen molar-refractivity contribution in [3.8, 4) is 11.5 Å². The van der Waals surface area contributed by atoms with Gasteiger partial charge in [0.25, 0.3) is 11.7 Å². The molecule has 1 aliphatic rings. The Hall–Kier alpha value is -4.13. The largest absolute Gasteiger partial charge is 0.507 e. The second kappa shape index (κ2) is 10.2. The summed E-state index contributed by atoms with van der Waals surface area (Å²) in [7, 11) is 0. The van der Waals surface area contributed by atoms with Crippen LogP contribution in [0.15, 0.2) is 78.6 Å². The Morgan fingerprint density at radius 3 is 2.29 bits per heavy atom. The van der Waals surface area contributed by atoms with E-state index in [0.717, 1.165) is 5.56 Å². The lowest BCUT2D eigenvalue weighted by Crippen LogP contribution is -2.29. The highest BCUT2D eigenvalue weighted by molar-refractivity contribution is 6.46. The van der Waals surface area contributed by atoms with Crippen molar-refractivity contribution >= 4 is 17.4 Å². The first-order chi connectivity index (χ1) is 16.5. The molecule has 1 saturated heterocycles. The van der Waals surface area contributed by atoms with E-state index in [-0.39, 0.29) is 17.9 Å². The number of aliphatic hydroxyl groups excluding tert-OH is 1. The van der Waals surface area contributed by atoms with Gasteiger partial charge in [0.2, 0.25) is 0 Å². The molecular formula is C27H26N2O5. The second-order valence-corrected chi connectivity index (χ2v) is 7.72. The predicted molar refractivity (Wildman–Crippen MR) is 127 cm³/mol. The van der Waals surface area contributed by atoms with E-state index >= 15 is 0 Å². The molecule has 0 spiro atoms. The summed E-state index contributed by atoms with van der Waals surface area (Å²) in [6, 6.07) is 17.1. The summed E-state index contributed by atoms with van der Waals surface area (Å²) < 4.78 is 11.5. The Labute approximate surface area is 198 Å². The van der Waals surface area contributed by atoms with Crippen molar-refractivity contribution in [1.82, 2.24) is 9.88 Å². The molecule has 1 amide bonds. The van der Waals surface area contributed by atoms with Crippen LogP contribution in [0.1, 0.15) is 36.6 Å². The number of aromatic nitrogens is 1. The molecule has 1 fully saturated rings. The molecule has 1 atom stereocenters. The third kappa shape index (κ3) is 4.50. The topological polar surface area (TPSA) is 89.0 Å². The lowest BCUT2D eigenvalue weighted by Gasteiger charge is -2.26. The molecule has 1 aromatic heterocycles. The van der Waals surface area contributed by atoms with Crippen LogP contribution in [0.25, 0.3) is 5.76 Å². The molecule has 2 aromatic carbocycles. The van der Waals surface area contributed by atoms with E-state index in [1.165, 1.54) is 17.3 Å². The minimum Gasteiger partial charge on any atom is -0.507 e. The molecule has 4 rings (SSSR count). The van der Waals surface area contributed by atoms with Crippen molar-refractivity contribution in [2.75, 3.05) is 13.2 Å². The molecule has 0 aliphatic carbocycles. The zero-order valence-corrected chi connectivity index (χ0v) is 19.1. The number of ketones is 1. The number of carbonyl (C=O) groups excluding carboxylic acids is 2. The molecular weight excluding hydrogens is 432 g/mol. The standard InChI is InChI=1S/C27H26N2O5/c1-3-33-21-11-10-20(16-22(21)34-4-2)24-23(25(30)19-12-14-28-15-13-19)26(31)27(32)29(24)17-18-8-6-5-7-9-18/h5-16,24,30H,3-4,17H2,1-2H3/b25-23+. The lowest BCUT2D eigenvalue weighted by atomic mass is 9.95. The molecule has 0 bridgehead atoms. The van der Waals surface area contributed by atoms with Crippen LogP contribution in [0, 0.1) is 0 Å². The van der Waals surface area contributed by atoms with Crippen molar-refractivity contribution in [1.29, 1.82) is 0 Å². The number of rotatable bonds is 8. The zero-order chi connectivity index (χ0) is 24.1. The number of pyridine rings is 1. The molecule has 3 aromatic rings. The van der Waals surface area contributed by atoms with E-state index in [1.54, 1.807) is 30.3 Å². The number of Topliss-reactive ketones (excluding diaryl/α,β-unsaturated/α-hetero) is 1. The Morgan fingerprint density at radius 2 is 1.62 bits per heavy atom. The summed E-state index contributed by atoms with van der Waals surface area (Å²) in [5.41, 5.74) is 1.94. The second-order valence-electron chi connectivity index (χ2n) is 7.72. The maximum absolute atomic E-state index is 13.2. The fraction of sp³-hybridized carbons (Fsp3) is 0.222. The minimum atomic E-state index is -0.803. The van der Waals surface area contributed by atoms with Gasteiger partial charge in [-0.2, -0.15) is 0 Å². The van der Waals surface area contributed by atoms with Crippen LogP contribution in [0.2, 0.25) is 0 Å². The molecule has 1 unspecified atom stereocenters. The number of nitrogens with zero attached hydrogens (tertiary/aromatic N) is 2. The number of amides is 1. The number of benzene rings is 2. The molecule has 1 N–H and O–H groups in total. The normalized spacial score (nSPS) is 17.1. The number of carbonyl (C=O) groups is 2. The highest BCUT2D eigenvalue weighted by Crippen LogP contribution is 2.42. The minimum absolute atomic E-state index is 0.0266. The summed E-state index contributed by atoms with van der Waals surface area (Å²) in [5.74, 6) is -0.565. The molecule has 174 valence electrons. The average Bonchev–Trinajstić information content (AvgIpc) is 3.11. The summed E-state index contributed by atoms with van der Waals surface area (Å²) in [5, 5.41) is 11.1. The summed E-state index contributed by atoms with van der Waals surface area (Å²) >= 11 is 0. The lowest BCUT2D eigenvalue weighted by molar-refractivity contribution is -0.140. The van der Waals surface area contributed by atoms with Gasteiger partial charge in [-0.15, -0.1) is 0 Å². The van der Waals surface area contributed by atoms with Crippen LogP contribution < -0.4 is 9.47 Å². The van der Waals surface area contributed by atoms with E-state index in [9.17, 15) is 14.7 Å². The molecule has 34 heavy (non-hydrogen) atoms. The van der Waals surface area contributed by atoms with Crippen molar-refractivity contribution in [3.05, 3.63) is 95.3 Å². The van der Waals surface area contributed by atoms with E-state index in [4.69, 9.17) is 9.47 Å². The maximum atomic E-state index is 13.2. The van der Waals surface area contributed by atoms with Gasteiger partial charge in [-0.3, -0.25) is 14.6 Å². The van der Waals surface area contributed by atoms with Gasteiger partial charge in [0.15, 0.2) is 11.5 Å². The Kier molecular flexibility index (Phi) is 6.92. The fourth-order valence-electron chi connectivity index (χ4n) is 4.07. The van der Waals surface area contributed by atoms with Gasteiger partial charge in [-0.25, -0.2) is 0 Å². The van der Waals surface area contributed by atoms with Crippen LogP contribution >= 0.6 is 0 Å². The number of likely N-dealkylation sites (tertiary alicyclic amines) is 1. The van der Waals surface area contributed by atoms with Crippen molar-refractivity contribution in [2.24, 2.45) is 0 Å². The van der Waals surface area contributed by atoms with Crippen LogP contribution in [-0.2, 0) is 16.1 Å². The third-order valence-corrected chi connectivity index (χ3v) is 5.57. The summed E-state index contributed by atoms with van der Waals surface area (Å²) in [6.45, 7) is 4.85. The Balaban J connectivity index is 1.87. The van der Waals surface area contributed by atoms with Crippen molar-refractivity contribution in [3.63, 3.8) is 0 Å². The van der Waals surface area contributed by atoms with E-state index < -0.39 is 17.7 Å². The number of aliphatic hydroxyl groups is 1. The van der Waals surface area contributed by atoms with Gasteiger partial charge in [0.05, 0.1) is 24.8 Å². The average molecular weight is 459 g/mol. The number of ether oxygens (including phenoxy) is 2. The van der Waals surface area contributed by atoms with E-state index in [2.05, 4.69) is 4.98 Å². The van der Waals surface area contributed by atoms with Gasteiger partial charge >= 0.3 is 0 Å². The highest BCUT2D eigenvalue weighted by atomic mass is 16.5. The first kappa shape index (κ1) is 23.0. The molecule has 7 nitrogen and oxygen atoms in total. The van der Waals surface area contributed by atoms with Gasteiger partial charge in [-0.05, 0) is 49.2 Å². The third-order valence-electron chi connectivity index (χ3n) is 5.57. The summed E-state index contributed by atoms with van der Waals surface area (Å²) in [6.07, 6.45) is 3.04. The molecule has 2 heterocycles. The van der Waals surface area contributed by atoms with Crippen LogP contribution in [0.3, 0.4) is 0 Å². The Morgan fingerprint density at radius 1 is 0.941 bits per heavy atom. The molecule has 0 radical (unpaired) electrons.